The molecule has 0 saturated carbocycles. The summed E-state index contributed by atoms with van der Waals surface area (Å²) in [4.78, 5) is 68.0. The van der Waals surface area contributed by atoms with Crippen LogP contribution in [0.15, 0.2) is 48.5 Å². The Morgan fingerprint density at radius 3 is 2.28 bits per heavy atom. The first-order chi connectivity index (χ1) is 15.4. The molecule has 2 aromatic carbocycles. The predicted octanol–water partition coefficient (Wildman–Crippen LogP) is 2.00. The van der Waals surface area contributed by atoms with E-state index in [1.807, 2.05) is 0 Å². The van der Waals surface area contributed by atoms with Gasteiger partial charge in [0, 0.05) is 29.3 Å². The minimum absolute atomic E-state index is 0.0821. The van der Waals surface area contributed by atoms with Crippen LogP contribution in [0.5, 0.6) is 0 Å². The second kappa shape index (κ2) is 6.17. The van der Waals surface area contributed by atoms with Crippen LogP contribution in [0.1, 0.15) is 33.6 Å². The number of amides is 2. The van der Waals surface area contributed by atoms with E-state index in [1.165, 1.54) is 24.3 Å². The van der Waals surface area contributed by atoms with E-state index in [0.717, 1.165) is 4.90 Å². The first-order valence-electron chi connectivity index (χ1n) is 10.5. The number of nitrogens with zero attached hydrogens (tertiary/aromatic N) is 3. The quantitative estimate of drug-likeness (QED) is 0.309. The lowest BCUT2D eigenvalue weighted by molar-refractivity contribution is -0.384. The number of fused-ring (bicyclic) bond motifs is 6. The lowest BCUT2D eigenvalue weighted by Gasteiger charge is -2.35. The van der Waals surface area contributed by atoms with Crippen molar-refractivity contribution in [2.45, 2.75) is 24.4 Å². The van der Waals surface area contributed by atoms with Gasteiger partial charge in [0.05, 0.1) is 22.4 Å². The Labute approximate surface area is 181 Å². The number of Topliss-reactive ketones (excluding diaryl/α,β-unsaturated/α-hetero) is 2. The highest BCUT2D eigenvalue weighted by molar-refractivity contribution is 6.37. The molecule has 3 heterocycles. The third-order valence-electron chi connectivity index (χ3n) is 7.38. The van der Waals surface area contributed by atoms with E-state index >= 15 is 0 Å². The fourth-order valence-corrected chi connectivity index (χ4v) is 6.24. The van der Waals surface area contributed by atoms with Crippen LogP contribution < -0.4 is 4.90 Å². The molecule has 32 heavy (non-hydrogen) atoms. The van der Waals surface area contributed by atoms with E-state index in [4.69, 9.17) is 0 Å². The summed E-state index contributed by atoms with van der Waals surface area (Å²) in [5.41, 5.74) is -1.34. The van der Waals surface area contributed by atoms with Crippen molar-refractivity contribution >= 4 is 34.8 Å². The monoisotopic (exact) mass is 431 g/mol. The number of benzene rings is 2. The maximum atomic E-state index is 13.7. The standard InChI is InChI=1S/C23H17N3O6/c27-19-14-7-1-2-8-15(14)20(28)23(19)18-17(16-9-4-10-24(16)23)21(29)25(22(18)30)12-5-3-6-13(11-12)26(31)32/h1-3,5-8,11,16-18H,4,9-10H2/t16-,17+,18+/m0/s1. The number of rotatable bonds is 2. The second-order valence-corrected chi connectivity index (χ2v) is 8.67. The normalized spacial score (nSPS) is 27.9. The van der Waals surface area contributed by atoms with Gasteiger partial charge < -0.3 is 0 Å². The molecular weight excluding hydrogens is 414 g/mol. The smallest absolute Gasteiger partial charge is 0.271 e. The summed E-state index contributed by atoms with van der Waals surface area (Å²) in [6.45, 7) is 0.459. The molecule has 1 aliphatic carbocycles. The molecule has 1 spiro atoms. The van der Waals surface area contributed by atoms with Crippen molar-refractivity contribution in [1.29, 1.82) is 0 Å². The lowest BCUT2D eigenvalue weighted by atomic mass is 9.76. The zero-order valence-corrected chi connectivity index (χ0v) is 16.8. The number of hydrogen-bond donors (Lipinski definition) is 0. The van der Waals surface area contributed by atoms with E-state index in [1.54, 1.807) is 29.2 Å². The molecule has 6 rings (SSSR count). The third-order valence-corrected chi connectivity index (χ3v) is 7.38. The van der Waals surface area contributed by atoms with Gasteiger partial charge in [0.1, 0.15) is 0 Å². The van der Waals surface area contributed by atoms with Crippen LogP contribution in [0.3, 0.4) is 0 Å². The SMILES string of the molecule is O=C1[C@@H]2[C@@H]3CCCN3C3(C(=O)c4ccccc4C3=O)[C@H]2C(=O)N1c1cccc([N+](=O)[O-])c1. The van der Waals surface area contributed by atoms with Crippen molar-refractivity contribution in [2.24, 2.45) is 11.8 Å². The average molecular weight is 431 g/mol. The highest BCUT2D eigenvalue weighted by Crippen LogP contribution is 2.57. The van der Waals surface area contributed by atoms with Gasteiger partial charge >= 0.3 is 0 Å². The van der Waals surface area contributed by atoms with Crippen LogP contribution in [0.2, 0.25) is 0 Å². The molecule has 0 bridgehead atoms. The Hall–Kier alpha value is -3.72. The van der Waals surface area contributed by atoms with Crippen LogP contribution in [0.4, 0.5) is 11.4 Å². The summed E-state index contributed by atoms with van der Waals surface area (Å²) in [6, 6.07) is 11.4. The summed E-state index contributed by atoms with van der Waals surface area (Å²) in [6.07, 6.45) is 1.31. The number of hydrogen-bond acceptors (Lipinski definition) is 7. The molecule has 0 unspecified atom stereocenters. The largest absolute Gasteiger partial charge is 0.291 e. The first kappa shape index (κ1) is 19.0. The van der Waals surface area contributed by atoms with Crippen molar-refractivity contribution in [3.05, 3.63) is 69.8 Å². The summed E-state index contributed by atoms with van der Waals surface area (Å²) in [5.74, 6) is -4.01. The Morgan fingerprint density at radius 1 is 0.938 bits per heavy atom. The van der Waals surface area contributed by atoms with Gasteiger partial charge in [-0.05, 0) is 25.5 Å². The highest BCUT2D eigenvalue weighted by atomic mass is 16.6. The van der Waals surface area contributed by atoms with Gasteiger partial charge in [0.25, 0.3) is 5.69 Å². The Morgan fingerprint density at radius 2 is 1.62 bits per heavy atom. The molecule has 0 aromatic heterocycles. The molecule has 3 fully saturated rings. The summed E-state index contributed by atoms with van der Waals surface area (Å²) in [7, 11) is 0. The maximum absolute atomic E-state index is 13.7. The molecule has 9 nitrogen and oxygen atoms in total. The van der Waals surface area contributed by atoms with Crippen molar-refractivity contribution in [3.8, 4) is 0 Å². The second-order valence-electron chi connectivity index (χ2n) is 8.67. The first-order valence-corrected chi connectivity index (χ1v) is 10.5. The Kier molecular flexibility index (Phi) is 3.66. The minimum atomic E-state index is -1.72. The highest BCUT2D eigenvalue weighted by Gasteiger charge is 2.76. The van der Waals surface area contributed by atoms with Gasteiger partial charge in [-0.3, -0.25) is 34.2 Å². The minimum Gasteiger partial charge on any atom is -0.291 e. The Bertz CT molecular complexity index is 1230. The molecule has 9 heteroatoms. The molecule has 3 atom stereocenters. The third kappa shape index (κ3) is 2.02. The van der Waals surface area contributed by atoms with E-state index in [2.05, 4.69) is 0 Å². The number of nitro benzene ring substituents is 1. The molecule has 2 aromatic rings. The van der Waals surface area contributed by atoms with E-state index in [0.29, 0.717) is 19.4 Å². The van der Waals surface area contributed by atoms with E-state index in [9.17, 15) is 29.3 Å². The topological polar surface area (TPSA) is 118 Å². The number of carbonyl (C=O) groups excluding carboxylic acids is 4. The van der Waals surface area contributed by atoms with Crippen molar-refractivity contribution in [2.75, 3.05) is 11.4 Å². The molecule has 4 aliphatic rings. The van der Waals surface area contributed by atoms with Gasteiger partial charge in [0.2, 0.25) is 11.8 Å². The summed E-state index contributed by atoms with van der Waals surface area (Å²) >= 11 is 0. The fourth-order valence-electron chi connectivity index (χ4n) is 6.24. The number of carbonyl (C=O) groups is 4. The molecule has 3 saturated heterocycles. The van der Waals surface area contributed by atoms with Crippen molar-refractivity contribution in [3.63, 3.8) is 0 Å². The van der Waals surface area contributed by atoms with Crippen LogP contribution >= 0.6 is 0 Å². The van der Waals surface area contributed by atoms with Crippen LogP contribution in [-0.4, -0.2) is 51.3 Å². The molecule has 2 amide bonds. The maximum Gasteiger partial charge on any atom is 0.271 e. The predicted molar refractivity (Wildman–Crippen MR) is 110 cm³/mol. The van der Waals surface area contributed by atoms with Gasteiger partial charge in [-0.1, -0.05) is 30.3 Å². The molecular formula is C23H17N3O6. The van der Waals surface area contributed by atoms with Crippen LogP contribution in [0, 0.1) is 22.0 Å². The number of non-ortho nitro benzene ring substituents is 1. The van der Waals surface area contributed by atoms with Gasteiger partial charge in [-0.2, -0.15) is 0 Å². The molecule has 160 valence electrons. The number of anilines is 1. The Balaban J connectivity index is 1.53. The molecule has 0 radical (unpaired) electrons. The van der Waals surface area contributed by atoms with E-state index in [-0.39, 0.29) is 22.5 Å². The van der Waals surface area contributed by atoms with Crippen molar-refractivity contribution in [1.82, 2.24) is 4.90 Å². The number of nitro groups is 1. The van der Waals surface area contributed by atoms with Crippen molar-refractivity contribution < 1.29 is 24.1 Å². The zero-order valence-electron chi connectivity index (χ0n) is 16.8. The van der Waals surface area contributed by atoms with Gasteiger partial charge in [0.15, 0.2) is 17.1 Å². The van der Waals surface area contributed by atoms with Crippen LogP contribution in [-0.2, 0) is 9.59 Å². The summed E-state index contributed by atoms with van der Waals surface area (Å²) < 4.78 is 0. The molecule has 0 N–H and O–H groups in total. The van der Waals surface area contributed by atoms with Gasteiger partial charge in [-0.15, -0.1) is 0 Å². The van der Waals surface area contributed by atoms with Gasteiger partial charge in [-0.25, -0.2) is 4.90 Å². The number of imide groups is 1. The zero-order chi connectivity index (χ0) is 22.4. The lowest BCUT2D eigenvalue weighted by Crippen LogP contribution is -2.59. The number of ketones is 2. The molecule has 3 aliphatic heterocycles. The van der Waals surface area contributed by atoms with E-state index < -0.39 is 51.7 Å². The fraction of sp³-hybridized carbons (Fsp3) is 0.304. The average Bonchev–Trinajstić information content (AvgIpc) is 3.48. The van der Waals surface area contributed by atoms with Crippen LogP contribution in [0.25, 0.3) is 0 Å². The summed E-state index contributed by atoms with van der Waals surface area (Å²) in [5, 5.41) is 11.2.